The molecule has 1 amide bonds. The molecule has 0 spiro atoms. The highest BCUT2D eigenvalue weighted by molar-refractivity contribution is 7.11. The molecule has 1 aliphatic rings. The first-order valence-corrected chi connectivity index (χ1v) is 10.7. The summed E-state index contributed by atoms with van der Waals surface area (Å²) in [6.45, 7) is 9.82. The summed E-state index contributed by atoms with van der Waals surface area (Å²) in [6.07, 6.45) is 1.65. The van der Waals surface area contributed by atoms with Gasteiger partial charge >= 0.3 is 0 Å². The van der Waals surface area contributed by atoms with E-state index in [-0.39, 0.29) is 5.91 Å². The van der Waals surface area contributed by atoms with Crippen LogP contribution >= 0.6 is 11.3 Å². The van der Waals surface area contributed by atoms with Crippen LogP contribution in [0.1, 0.15) is 46.5 Å². The van der Waals surface area contributed by atoms with E-state index in [2.05, 4.69) is 40.7 Å². The number of nitrogens with zero attached hydrogens (tertiary/aromatic N) is 3. The summed E-state index contributed by atoms with van der Waals surface area (Å²) in [5.41, 5.74) is 3.39. The Labute approximate surface area is 171 Å². The van der Waals surface area contributed by atoms with Gasteiger partial charge in [-0.25, -0.2) is 9.98 Å². The van der Waals surface area contributed by atoms with Gasteiger partial charge in [0.25, 0.3) is 0 Å². The molecule has 2 aromatic rings. The van der Waals surface area contributed by atoms with Gasteiger partial charge in [0.15, 0.2) is 5.96 Å². The van der Waals surface area contributed by atoms with Crippen molar-refractivity contribution in [1.82, 2.24) is 20.5 Å². The van der Waals surface area contributed by atoms with Crippen molar-refractivity contribution in [2.75, 3.05) is 13.1 Å². The molecule has 1 aromatic carbocycles. The lowest BCUT2D eigenvalue weighted by atomic mass is 10.1. The molecule has 0 saturated carbocycles. The van der Waals surface area contributed by atoms with Gasteiger partial charge in [-0.2, -0.15) is 0 Å². The smallest absolute Gasteiger partial charge is 0.222 e. The van der Waals surface area contributed by atoms with Crippen LogP contribution in [0.3, 0.4) is 0 Å². The molecule has 2 heterocycles. The number of carbonyl (C=O) groups is 1. The molecule has 0 aliphatic carbocycles. The van der Waals surface area contributed by atoms with Crippen LogP contribution in [0.2, 0.25) is 0 Å². The summed E-state index contributed by atoms with van der Waals surface area (Å²) < 4.78 is 0. The number of aromatic nitrogens is 1. The highest BCUT2D eigenvalue weighted by Gasteiger charge is 2.19. The molecule has 0 bridgehead atoms. The van der Waals surface area contributed by atoms with Crippen molar-refractivity contribution in [2.24, 2.45) is 4.99 Å². The van der Waals surface area contributed by atoms with Crippen LogP contribution in [0.4, 0.5) is 0 Å². The van der Waals surface area contributed by atoms with Crippen molar-refractivity contribution in [2.45, 2.75) is 53.2 Å². The number of aliphatic imine (C=N–C) groups is 1. The van der Waals surface area contributed by atoms with Gasteiger partial charge in [-0.1, -0.05) is 24.3 Å². The molecular formula is C21H29N5OS. The van der Waals surface area contributed by atoms with E-state index in [9.17, 15) is 4.79 Å². The maximum absolute atomic E-state index is 11.8. The van der Waals surface area contributed by atoms with Crippen molar-refractivity contribution >= 4 is 23.2 Å². The number of hydrogen-bond acceptors (Lipinski definition) is 4. The third kappa shape index (κ3) is 5.55. The van der Waals surface area contributed by atoms with E-state index >= 15 is 0 Å². The van der Waals surface area contributed by atoms with E-state index in [0.29, 0.717) is 19.5 Å². The zero-order valence-electron chi connectivity index (χ0n) is 16.9. The number of amides is 1. The number of likely N-dealkylation sites (tertiary alicyclic amines) is 1. The highest BCUT2D eigenvalue weighted by atomic mass is 32.1. The molecule has 7 heteroatoms. The lowest BCUT2D eigenvalue weighted by molar-refractivity contribution is -0.128. The molecule has 150 valence electrons. The average molecular weight is 400 g/mol. The van der Waals surface area contributed by atoms with Crippen molar-refractivity contribution in [3.8, 4) is 0 Å². The highest BCUT2D eigenvalue weighted by Crippen LogP contribution is 2.17. The molecule has 0 atom stereocenters. The fourth-order valence-electron chi connectivity index (χ4n) is 3.33. The van der Waals surface area contributed by atoms with Gasteiger partial charge in [0.2, 0.25) is 5.91 Å². The third-order valence-electron chi connectivity index (χ3n) is 4.72. The Morgan fingerprint density at radius 1 is 1.29 bits per heavy atom. The van der Waals surface area contributed by atoms with Crippen molar-refractivity contribution in [3.63, 3.8) is 0 Å². The number of hydrogen-bond donors (Lipinski definition) is 2. The SMILES string of the molecule is CCNC(=NCc1cccc(CN2CCCC2=O)c1)NCc1sc(C)nc1C. The number of benzene rings is 1. The monoisotopic (exact) mass is 399 g/mol. The van der Waals surface area contributed by atoms with Crippen LogP contribution in [0.15, 0.2) is 29.3 Å². The number of nitrogens with one attached hydrogen (secondary N) is 2. The van der Waals surface area contributed by atoms with Crippen LogP contribution in [0.25, 0.3) is 0 Å². The molecule has 28 heavy (non-hydrogen) atoms. The minimum absolute atomic E-state index is 0.260. The topological polar surface area (TPSA) is 69.6 Å². The Balaban J connectivity index is 1.61. The van der Waals surface area contributed by atoms with Gasteiger partial charge in [-0.05, 0) is 38.3 Å². The summed E-state index contributed by atoms with van der Waals surface area (Å²) in [4.78, 5) is 24.2. The van der Waals surface area contributed by atoms with Gasteiger partial charge in [0.05, 0.1) is 23.8 Å². The number of rotatable bonds is 7. The van der Waals surface area contributed by atoms with E-state index in [0.717, 1.165) is 53.8 Å². The van der Waals surface area contributed by atoms with Crippen LogP contribution < -0.4 is 10.6 Å². The predicted molar refractivity (Wildman–Crippen MR) is 114 cm³/mol. The zero-order chi connectivity index (χ0) is 19.9. The third-order valence-corrected chi connectivity index (χ3v) is 5.79. The summed E-state index contributed by atoms with van der Waals surface area (Å²) in [5.74, 6) is 1.06. The minimum Gasteiger partial charge on any atom is -0.357 e. The zero-order valence-corrected chi connectivity index (χ0v) is 17.7. The summed E-state index contributed by atoms with van der Waals surface area (Å²) in [6, 6.07) is 8.36. The Bertz CT molecular complexity index is 845. The normalized spacial score (nSPS) is 14.6. The summed E-state index contributed by atoms with van der Waals surface area (Å²) in [5, 5.41) is 7.78. The molecule has 0 radical (unpaired) electrons. The van der Waals surface area contributed by atoms with Crippen molar-refractivity contribution in [3.05, 3.63) is 51.0 Å². The van der Waals surface area contributed by atoms with Gasteiger partial charge in [-0.3, -0.25) is 4.79 Å². The lowest BCUT2D eigenvalue weighted by Gasteiger charge is -2.16. The minimum atomic E-state index is 0.260. The molecular weight excluding hydrogens is 370 g/mol. The van der Waals surface area contributed by atoms with E-state index in [1.165, 1.54) is 4.88 Å². The fourth-order valence-corrected chi connectivity index (χ4v) is 4.21. The van der Waals surface area contributed by atoms with E-state index in [4.69, 9.17) is 4.99 Å². The standard InChI is InChI=1S/C21H29N5OS/c1-4-22-21(24-13-19-15(2)25-16(3)28-19)23-12-17-7-5-8-18(11-17)14-26-10-6-9-20(26)27/h5,7-8,11H,4,6,9-10,12-14H2,1-3H3,(H2,22,23,24). The lowest BCUT2D eigenvalue weighted by Crippen LogP contribution is -2.36. The van der Waals surface area contributed by atoms with Gasteiger partial charge < -0.3 is 15.5 Å². The number of thiazole rings is 1. The molecule has 1 fully saturated rings. The van der Waals surface area contributed by atoms with Gasteiger partial charge in [0, 0.05) is 30.9 Å². The average Bonchev–Trinajstić information content (AvgIpc) is 3.22. The molecule has 6 nitrogen and oxygen atoms in total. The Morgan fingerprint density at radius 3 is 2.79 bits per heavy atom. The van der Waals surface area contributed by atoms with E-state index < -0.39 is 0 Å². The largest absolute Gasteiger partial charge is 0.357 e. The van der Waals surface area contributed by atoms with Gasteiger partial charge in [0.1, 0.15) is 0 Å². The van der Waals surface area contributed by atoms with Crippen LogP contribution in [-0.4, -0.2) is 34.8 Å². The van der Waals surface area contributed by atoms with Crippen molar-refractivity contribution < 1.29 is 4.79 Å². The Hall–Kier alpha value is -2.41. The molecule has 1 aromatic heterocycles. The summed E-state index contributed by atoms with van der Waals surface area (Å²) in [7, 11) is 0. The molecule has 0 unspecified atom stereocenters. The molecule has 1 aliphatic heterocycles. The van der Waals surface area contributed by atoms with E-state index in [1.807, 2.05) is 24.8 Å². The Morgan fingerprint density at radius 2 is 2.11 bits per heavy atom. The molecule has 3 rings (SSSR count). The second-order valence-corrected chi connectivity index (χ2v) is 8.32. The van der Waals surface area contributed by atoms with Crippen molar-refractivity contribution in [1.29, 1.82) is 0 Å². The second-order valence-electron chi connectivity index (χ2n) is 7.03. The molecule has 1 saturated heterocycles. The maximum atomic E-state index is 11.8. The maximum Gasteiger partial charge on any atom is 0.222 e. The van der Waals surface area contributed by atoms with Crippen LogP contribution in [0, 0.1) is 13.8 Å². The van der Waals surface area contributed by atoms with E-state index in [1.54, 1.807) is 11.3 Å². The number of guanidine groups is 1. The molecule has 2 N–H and O–H groups in total. The van der Waals surface area contributed by atoms with Crippen LogP contribution in [0.5, 0.6) is 0 Å². The number of aryl methyl sites for hydroxylation is 2. The first-order valence-electron chi connectivity index (χ1n) is 9.86. The van der Waals surface area contributed by atoms with Gasteiger partial charge in [-0.15, -0.1) is 11.3 Å². The van der Waals surface area contributed by atoms with Crippen LogP contribution in [-0.2, 0) is 24.4 Å². The summed E-state index contributed by atoms with van der Waals surface area (Å²) >= 11 is 1.72. The first kappa shape index (κ1) is 20.3. The fraction of sp³-hybridized carbons (Fsp3) is 0.476. The quantitative estimate of drug-likeness (QED) is 0.554. The predicted octanol–water partition coefficient (Wildman–Crippen LogP) is 3.14. The second kappa shape index (κ2) is 9.68. The first-order chi connectivity index (χ1) is 13.5. The number of carbonyl (C=O) groups excluding carboxylic acids is 1. The Kier molecular flexibility index (Phi) is 7.03.